The molecule has 72 heavy (non-hydrogen) atoms. The third-order valence-corrected chi connectivity index (χ3v) is 14.0. The smallest absolute Gasteiger partial charge is 0.306 e. The SMILES string of the molecule is CC/C=C\C/C=C\C/C=C\C/C=C\C/C=C\C/C=C\CCCCCCCCCCCCCCCCCCCCC(=O)OC(CO)COC(=O)CCCCCCCCCCCCCCCCCCCCCCC. The zero-order valence-corrected chi connectivity index (χ0v) is 47.9. The number of hydrogen-bond acceptors (Lipinski definition) is 5. The fourth-order valence-corrected chi connectivity index (χ4v) is 9.33. The van der Waals surface area contributed by atoms with E-state index in [0.29, 0.717) is 12.8 Å². The van der Waals surface area contributed by atoms with Gasteiger partial charge in [-0.3, -0.25) is 9.59 Å². The van der Waals surface area contributed by atoms with Crippen molar-refractivity contribution in [2.75, 3.05) is 13.2 Å². The van der Waals surface area contributed by atoms with Crippen LogP contribution in [0.15, 0.2) is 72.9 Å². The molecule has 0 spiro atoms. The number of esters is 2. The van der Waals surface area contributed by atoms with Gasteiger partial charge in [-0.15, -0.1) is 0 Å². The molecule has 5 nitrogen and oxygen atoms in total. The summed E-state index contributed by atoms with van der Waals surface area (Å²) in [6.45, 7) is 4.07. The molecule has 0 radical (unpaired) electrons. The molecule has 0 aliphatic heterocycles. The van der Waals surface area contributed by atoms with Gasteiger partial charge in [-0.25, -0.2) is 0 Å². The number of aliphatic hydroxyl groups excluding tert-OH is 1. The fourth-order valence-electron chi connectivity index (χ4n) is 9.33. The lowest BCUT2D eigenvalue weighted by molar-refractivity contribution is -0.161. The first-order valence-electron chi connectivity index (χ1n) is 31.5. The molecule has 0 aliphatic rings. The summed E-state index contributed by atoms with van der Waals surface area (Å²) in [5, 5.41) is 9.67. The molecular weight excluding hydrogens is 885 g/mol. The number of allylic oxidation sites excluding steroid dienone is 12. The van der Waals surface area contributed by atoms with E-state index in [0.717, 1.165) is 70.6 Å². The summed E-state index contributed by atoms with van der Waals surface area (Å²) in [6, 6.07) is 0. The molecule has 5 heteroatoms. The van der Waals surface area contributed by atoms with Crippen molar-refractivity contribution in [2.45, 2.75) is 328 Å². The second-order valence-corrected chi connectivity index (χ2v) is 21.1. The van der Waals surface area contributed by atoms with Crippen LogP contribution >= 0.6 is 0 Å². The Kier molecular flexibility index (Phi) is 60.3. The van der Waals surface area contributed by atoms with E-state index in [-0.39, 0.29) is 25.2 Å². The molecule has 0 saturated carbocycles. The Hall–Kier alpha value is -2.66. The van der Waals surface area contributed by atoms with Crippen molar-refractivity contribution in [3.63, 3.8) is 0 Å². The quantitative estimate of drug-likeness (QED) is 0.0373. The summed E-state index contributed by atoms with van der Waals surface area (Å²) in [5.41, 5.74) is 0. The maximum Gasteiger partial charge on any atom is 0.306 e. The highest BCUT2D eigenvalue weighted by atomic mass is 16.6. The van der Waals surface area contributed by atoms with Crippen molar-refractivity contribution >= 4 is 11.9 Å². The van der Waals surface area contributed by atoms with Gasteiger partial charge in [0, 0.05) is 12.8 Å². The maximum absolute atomic E-state index is 12.3. The Morgan fingerprint density at radius 1 is 0.333 bits per heavy atom. The topological polar surface area (TPSA) is 72.8 Å². The van der Waals surface area contributed by atoms with Gasteiger partial charge in [-0.05, 0) is 64.2 Å². The lowest BCUT2D eigenvalue weighted by Crippen LogP contribution is -2.28. The van der Waals surface area contributed by atoms with Crippen molar-refractivity contribution in [1.29, 1.82) is 0 Å². The Bertz CT molecular complexity index is 1270. The molecule has 0 aromatic carbocycles. The first-order chi connectivity index (χ1) is 35.6. The number of rotatable bonds is 58. The molecule has 0 aromatic heterocycles. The molecule has 418 valence electrons. The van der Waals surface area contributed by atoms with E-state index >= 15 is 0 Å². The molecule has 1 N–H and O–H groups in total. The maximum atomic E-state index is 12.3. The summed E-state index contributed by atoms with van der Waals surface area (Å²) in [6.07, 6.45) is 86.2. The lowest BCUT2D eigenvalue weighted by Gasteiger charge is -2.15. The second-order valence-electron chi connectivity index (χ2n) is 21.1. The van der Waals surface area contributed by atoms with Crippen LogP contribution in [0.1, 0.15) is 322 Å². The molecule has 0 amide bonds. The van der Waals surface area contributed by atoms with Crippen molar-refractivity contribution in [3.05, 3.63) is 72.9 Å². The number of aliphatic hydroxyl groups is 1. The second kappa shape index (κ2) is 62.6. The lowest BCUT2D eigenvalue weighted by atomic mass is 10.0. The van der Waals surface area contributed by atoms with Crippen molar-refractivity contribution < 1.29 is 24.2 Å². The number of hydrogen-bond donors (Lipinski definition) is 1. The number of carbonyl (C=O) groups excluding carboxylic acids is 2. The average Bonchev–Trinajstić information content (AvgIpc) is 3.38. The van der Waals surface area contributed by atoms with Gasteiger partial charge in [-0.1, -0.05) is 318 Å². The molecular formula is C67H120O5. The van der Waals surface area contributed by atoms with E-state index < -0.39 is 6.10 Å². The molecule has 0 bridgehead atoms. The minimum absolute atomic E-state index is 0.0614. The van der Waals surface area contributed by atoms with Gasteiger partial charge < -0.3 is 14.6 Å². The van der Waals surface area contributed by atoms with Crippen LogP contribution < -0.4 is 0 Å². The van der Waals surface area contributed by atoms with Crippen LogP contribution in [0.2, 0.25) is 0 Å². The standard InChI is InChI=1S/C67H120O5/c1-3-5-7-9-11-13-15-17-19-21-23-25-26-27-28-29-30-31-32-33-34-35-36-37-38-39-40-42-44-46-48-50-52-54-56-58-60-62-67(70)72-65(63-68)64-71-66(69)61-59-57-55-53-51-49-47-45-43-41-24-22-20-18-16-14-12-10-8-6-4-2/h5,7,11,13,17,19,23,25,27-28,30-31,65,68H,3-4,6,8-10,12,14-16,18,20-22,24,26,29,32-64H2,1-2H3/b7-5-,13-11-,19-17-,25-23-,28-27-,31-30-. The van der Waals surface area contributed by atoms with Crippen LogP contribution in [0.3, 0.4) is 0 Å². The van der Waals surface area contributed by atoms with Gasteiger partial charge >= 0.3 is 11.9 Å². The van der Waals surface area contributed by atoms with Crippen LogP contribution in [-0.2, 0) is 19.1 Å². The molecule has 0 heterocycles. The Balaban J connectivity index is 3.44. The van der Waals surface area contributed by atoms with Crippen LogP contribution in [0.4, 0.5) is 0 Å². The molecule has 0 aliphatic carbocycles. The van der Waals surface area contributed by atoms with E-state index in [2.05, 4.69) is 86.8 Å². The van der Waals surface area contributed by atoms with Crippen LogP contribution in [-0.4, -0.2) is 36.4 Å². The van der Waals surface area contributed by atoms with Crippen molar-refractivity contribution in [2.24, 2.45) is 0 Å². The highest BCUT2D eigenvalue weighted by molar-refractivity contribution is 5.70. The Morgan fingerprint density at radius 3 is 0.903 bits per heavy atom. The van der Waals surface area contributed by atoms with Gasteiger partial charge in [0.25, 0.3) is 0 Å². The van der Waals surface area contributed by atoms with E-state index in [1.54, 1.807) is 0 Å². The fraction of sp³-hybridized carbons (Fsp3) is 0.791. The third-order valence-electron chi connectivity index (χ3n) is 14.0. The van der Waals surface area contributed by atoms with Gasteiger partial charge in [-0.2, -0.15) is 0 Å². The van der Waals surface area contributed by atoms with Gasteiger partial charge in [0.1, 0.15) is 6.61 Å². The van der Waals surface area contributed by atoms with E-state index in [1.165, 1.54) is 225 Å². The minimum Gasteiger partial charge on any atom is -0.462 e. The highest BCUT2D eigenvalue weighted by Gasteiger charge is 2.16. The molecule has 1 atom stereocenters. The molecule has 1 unspecified atom stereocenters. The van der Waals surface area contributed by atoms with Gasteiger partial charge in [0.2, 0.25) is 0 Å². The van der Waals surface area contributed by atoms with Crippen molar-refractivity contribution in [3.8, 4) is 0 Å². The molecule has 0 aromatic rings. The molecule has 0 saturated heterocycles. The van der Waals surface area contributed by atoms with Crippen LogP contribution in [0.5, 0.6) is 0 Å². The highest BCUT2D eigenvalue weighted by Crippen LogP contribution is 2.18. The van der Waals surface area contributed by atoms with E-state index in [9.17, 15) is 14.7 Å². The first-order valence-corrected chi connectivity index (χ1v) is 31.5. The summed E-state index contributed by atoms with van der Waals surface area (Å²) in [4.78, 5) is 24.6. The van der Waals surface area contributed by atoms with E-state index in [4.69, 9.17) is 9.47 Å². The first kappa shape index (κ1) is 69.3. The normalized spacial score (nSPS) is 12.7. The summed E-state index contributed by atoms with van der Waals surface area (Å²) in [7, 11) is 0. The average molecular weight is 1010 g/mol. The summed E-state index contributed by atoms with van der Waals surface area (Å²) < 4.78 is 10.7. The van der Waals surface area contributed by atoms with Crippen molar-refractivity contribution in [1.82, 2.24) is 0 Å². The predicted molar refractivity (Wildman–Crippen MR) is 316 cm³/mol. The summed E-state index contributed by atoms with van der Waals surface area (Å²) in [5.74, 6) is -0.573. The molecule has 0 fully saturated rings. The zero-order chi connectivity index (χ0) is 52.0. The zero-order valence-electron chi connectivity index (χ0n) is 47.9. The van der Waals surface area contributed by atoms with Gasteiger partial charge in [0.05, 0.1) is 6.61 Å². The van der Waals surface area contributed by atoms with E-state index in [1.807, 2.05) is 0 Å². The largest absolute Gasteiger partial charge is 0.462 e. The van der Waals surface area contributed by atoms with Gasteiger partial charge in [0.15, 0.2) is 6.10 Å². The van der Waals surface area contributed by atoms with Crippen LogP contribution in [0.25, 0.3) is 0 Å². The number of ether oxygens (including phenoxy) is 2. The summed E-state index contributed by atoms with van der Waals surface area (Å²) >= 11 is 0. The predicted octanol–water partition coefficient (Wildman–Crippen LogP) is 21.5. The minimum atomic E-state index is -0.771. The number of carbonyl (C=O) groups is 2. The number of unbranched alkanes of at least 4 members (excludes halogenated alkanes) is 38. The Labute approximate surface area is 448 Å². The Morgan fingerprint density at radius 2 is 0.597 bits per heavy atom. The molecule has 0 rings (SSSR count). The third kappa shape index (κ3) is 59.9. The monoisotopic (exact) mass is 1000 g/mol. The van der Waals surface area contributed by atoms with Crippen LogP contribution in [0, 0.1) is 0 Å².